The van der Waals surface area contributed by atoms with Crippen LogP contribution in [0.3, 0.4) is 0 Å². The molecule has 1 amide bonds. The van der Waals surface area contributed by atoms with Gasteiger partial charge in [-0.05, 0) is 49.4 Å². The molecule has 0 atom stereocenters. The van der Waals surface area contributed by atoms with E-state index < -0.39 is 5.82 Å². The molecule has 24 heavy (non-hydrogen) atoms. The van der Waals surface area contributed by atoms with Crippen LogP contribution in [0.25, 0.3) is 10.9 Å². The maximum atomic E-state index is 13.8. The Balaban J connectivity index is 1.82. The van der Waals surface area contributed by atoms with Gasteiger partial charge in [0.25, 0.3) is 5.91 Å². The molecule has 0 aliphatic heterocycles. The second-order valence-electron chi connectivity index (χ2n) is 5.07. The lowest BCUT2D eigenvalue weighted by atomic mass is 10.1. The maximum Gasteiger partial charge on any atom is 0.255 e. The quantitative estimate of drug-likeness (QED) is 0.699. The van der Waals surface area contributed by atoms with E-state index in [1.807, 2.05) is 0 Å². The Labute approximate surface area is 143 Å². The molecule has 6 heteroatoms. The zero-order valence-corrected chi connectivity index (χ0v) is 13.6. The number of halogens is 2. The number of hydrogen-bond donors (Lipinski definition) is 1. The fraction of sp³-hybridized carbons (Fsp3) is 0.111. The summed E-state index contributed by atoms with van der Waals surface area (Å²) in [5.74, 6) is -0.702. The lowest BCUT2D eigenvalue weighted by Crippen LogP contribution is -2.12. The minimum Gasteiger partial charge on any atom is -0.491 e. The molecule has 0 saturated carbocycles. The monoisotopic (exact) mass is 344 g/mol. The number of aromatic nitrogens is 1. The van der Waals surface area contributed by atoms with E-state index in [9.17, 15) is 9.18 Å². The van der Waals surface area contributed by atoms with Crippen LogP contribution < -0.4 is 10.1 Å². The van der Waals surface area contributed by atoms with Crippen molar-refractivity contribution in [3.63, 3.8) is 0 Å². The number of pyridine rings is 1. The summed E-state index contributed by atoms with van der Waals surface area (Å²) < 4.78 is 19.0. The molecule has 0 unspecified atom stereocenters. The minimum absolute atomic E-state index is 0.157. The van der Waals surface area contributed by atoms with Gasteiger partial charge < -0.3 is 10.1 Å². The summed E-state index contributed by atoms with van der Waals surface area (Å²) in [6.07, 6.45) is 0. The first kappa shape index (κ1) is 16.2. The van der Waals surface area contributed by atoms with Crippen molar-refractivity contribution in [2.24, 2.45) is 0 Å². The molecule has 0 radical (unpaired) electrons. The number of carbonyl (C=O) groups is 1. The minimum atomic E-state index is -0.521. The van der Waals surface area contributed by atoms with Crippen molar-refractivity contribution in [2.75, 3.05) is 11.9 Å². The maximum absolute atomic E-state index is 13.8. The Morgan fingerprint density at radius 3 is 2.79 bits per heavy atom. The lowest BCUT2D eigenvalue weighted by molar-refractivity contribution is 0.102. The zero-order chi connectivity index (χ0) is 17.1. The zero-order valence-electron chi connectivity index (χ0n) is 12.8. The average molecular weight is 345 g/mol. The van der Waals surface area contributed by atoms with Crippen molar-refractivity contribution in [2.45, 2.75) is 6.92 Å². The van der Waals surface area contributed by atoms with Crippen LogP contribution in [0.4, 0.5) is 10.1 Å². The van der Waals surface area contributed by atoms with E-state index in [4.69, 9.17) is 16.3 Å². The van der Waals surface area contributed by atoms with Gasteiger partial charge in [0, 0.05) is 22.7 Å². The van der Waals surface area contributed by atoms with Crippen molar-refractivity contribution in [3.05, 3.63) is 65.1 Å². The van der Waals surface area contributed by atoms with E-state index in [2.05, 4.69) is 10.3 Å². The SMILES string of the molecule is CCOc1ccc(NC(=O)c2ccc3nc(Cl)ccc3c2)cc1F. The molecular weight excluding hydrogens is 331 g/mol. The summed E-state index contributed by atoms with van der Waals surface area (Å²) in [7, 11) is 0. The van der Waals surface area contributed by atoms with Crippen LogP contribution in [0, 0.1) is 5.82 Å². The standard InChI is InChI=1S/C18H14ClFN2O2/c1-2-24-16-7-5-13(10-14(16)20)21-18(23)12-3-6-15-11(9-12)4-8-17(19)22-15/h3-10H,2H2,1H3,(H,21,23). The number of nitrogens with zero attached hydrogens (tertiary/aromatic N) is 1. The van der Waals surface area contributed by atoms with E-state index in [1.165, 1.54) is 12.1 Å². The summed E-state index contributed by atoms with van der Waals surface area (Å²) in [5, 5.41) is 3.85. The number of amides is 1. The second kappa shape index (κ2) is 6.84. The molecule has 1 heterocycles. The van der Waals surface area contributed by atoms with Crippen molar-refractivity contribution in [3.8, 4) is 5.75 Å². The van der Waals surface area contributed by atoms with E-state index in [-0.39, 0.29) is 11.7 Å². The third-order valence-corrected chi connectivity index (χ3v) is 3.62. The van der Waals surface area contributed by atoms with Gasteiger partial charge in [-0.3, -0.25) is 4.79 Å². The number of anilines is 1. The van der Waals surface area contributed by atoms with Gasteiger partial charge in [0.15, 0.2) is 11.6 Å². The topological polar surface area (TPSA) is 51.2 Å². The number of carbonyl (C=O) groups excluding carboxylic acids is 1. The average Bonchev–Trinajstić information content (AvgIpc) is 2.57. The predicted molar refractivity (Wildman–Crippen MR) is 92.3 cm³/mol. The van der Waals surface area contributed by atoms with Crippen molar-refractivity contribution in [1.29, 1.82) is 0 Å². The summed E-state index contributed by atoms with van der Waals surface area (Å²) in [5.41, 5.74) is 1.50. The Bertz CT molecular complexity index is 915. The van der Waals surface area contributed by atoms with Crippen molar-refractivity contribution >= 4 is 34.1 Å². The first-order chi connectivity index (χ1) is 11.6. The van der Waals surface area contributed by atoms with Gasteiger partial charge in [-0.25, -0.2) is 9.37 Å². The van der Waals surface area contributed by atoms with Crippen LogP contribution in [0.2, 0.25) is 5.15 Å². The van der Waals surface area contributed by atoms with Gasteiger partial charge in [-0.15, -0.1) is 0 Å². The molecule has 122 valence electrons. The molecule has 2 aromatic carbocycles. The molecule has 3 aromatic rings. The summed E-state index contributed by atoms with van der Waals surface area (Å²) in [6.45, 7) is 2.15. The first-order valence-electron chi connectivity index (χ1n) is 7.37. The van der Waals surface area contributed by atoms with E-state index in [0.29, 0.717) is 28.5 Å². The molecule has 3 rings (SSSR count). The van der Waals surface area contributed by atoms with Crippen LogP contribution in [0.15, 0.2) is 48.5 Å². The number of fused-ring (bicyclic) bond motifs is 1. The number of ether oxygens (including phenoxy) is 1. The largest absolute Gasteiger partial charge is 0.491 e. The number of hydrogen-bond acceptors (Lipinski definition) is 3. The highest BCUT2D eigenvalue weighted by Gasteiger charge is 2.10. The summed E-state index contributed by atoms with van der Waals surface area (Å²) in [6, 6.07) is 12.8. The highest BCUT2D eigenvalue weighted by atomic mass is 35.5. The highest BCUT2D eigenvalue weighted by Crippen LogP contribution is 2.22. The summed E-state index contributed by atoms with van der Waals surface area (Å²) in [4.78, 5) is 16.5. The number of rotatable bonds is 4. The fourth-order valence-corrected chi connectivity index (χ4v) is 2.45. The van der Waals surface area contributed by atoms with Gasteiger partial charge in [0.05, 0.1) is 12.1 Å². The molecule has 0 fully saturated rings. The molecular formula is C18H14ClFN2O2. The predicted octanol–water partition coefficient (Wildman–Crippen LogP) is 4.68. The Hall–Kier alpha value is -2.66. The van der Waals surface area contributed by atoms with Gasteiger partial charge in [0.1, 0.15) is 5.15 Å². The van der Waals surface area contributed by atoms with Crippen LogP contribution in [-0.4, -0.2) is 17.5 Å². The van der Waals surface area contributed by atoms with Crippen molar-refractivity contribution < 1.29 is 13.9 Å². The fourth-order valence-electron chi connectivity index (χ4n) is 2.30. The van der Waals surface area contributed by atoms with E-state index in [1.54, 1.807) is 43.3 Å². The number of benzene rings is 2. The second-order valence-corrected chi connectivity index (χ2v) is 5.46. The van der Waals surface area contributed by atoms with Crippen LogP contribution in [0.5, 0.6) is 5.75 Å². The first-order valence-corrected chi connectivity index (χ1v) is 7.74. The number of nitrogens with one attached hydrogen (secondary N) is 1. The van der Waals surface area contributed by atoms with Gasteiger partial charge in [0.2, 0.25) is 0 Å². The molecule has 0 spiro atoms. The molecule has 4 nitrogen and oxygen atoms in total. The smallest absolute Gasteiger partial charge is 0.255 e. The van der Waals surface area contributed by atoms with Crippen LogP contribution in [-0.2, 0) is 0 Å². The molecule has 1 N–H and O–H groups in total. The molecule has 1 aromatic heterocycles. The molecule has 0 saturated heterocycles. The molecule has 0 bridgehead atoms. The highest BCUT2D eigenvalue weighted by molar-refractivity contribution is 6.29. The van der Waals surface area contributed by atoms with Gasteiger partial charge >= 0.3 is 0 Å². The Morgan fingerprint density at radius 1 is 1.21 bits per heavy atom. The van der Waals surface area contributed by atoms with Crippen molar-refractivity contribution in [1.82, 2.24) is 4.98 Å². The third kappa shape index (κ3) is 3.46. The summed E-state index contributed by atoms with van der Waals surface area (Å²) >= 11 is 5.84. The Kier molecular flexibility index (Phi) is 4.62. The molecule has 0 aliphatic rings. The van der Waals surface area contributed by atoms with Crippen LogP contribution >= 0.6 is 11.6 Å². The third-order valence-electron chi connectivity index (χ3n) is 3.41. The normalized spacial score (nSPS) is 10.6. The van der Waals surface area contributed by atoms with Gasteiger partial charge in [-0.1, -0.05) is 11.6 Å². The molecule has 0 aliphatic carbocycles. The van der Waals surface area contributed by atoms with E-state index >= 15 is 0 Å². The Morgan fingerprint density at radius 2 is 2.04 bits per heavy atom. The lowest BCUT2D eigenvalue weighted by Gasteiger charge is -2.09. The van der Waals surface area contributed by atoms with Gasteiger partial charge in [-0.2, -0.15) is 0 Å². The van der Waals surface area contributed by atoms with E-state index in [0.717, 1.165) is 5.39 Å². The van der Waals surface area contributed by atoms with Crippen LogP contribution in [0.1, 0.15) is 17.3 Å².